The summed E-state index contributed by atoms with van der Waals surface area (Å²) in [5, 5.41) is 8.74. The van der Waals surface area contributed by atoms with Crippen LogP contribution in [0.3, 0.4) is 0 Å². The van der Waals surface area contributed by atoms with Gasteiger partial charge in [-0.25, -0.2) is 0 Å². The smallest absolute Gasteiger partial charge is 0.305 e. The zero-order valence-corrected chi connectivity index (χ0v) is 8.71. The van der Waals surface area contributed by atoms with E-state index in [1.54, 1.807) is 0 Å². The first-order chi connectivity index (χ1) is 5.93. The van der Waals surface area contributed by atoms with Crippen molar-refractivity contribution in [3.8, 4) is 0 Å². The Labute approximate surface area is 79.7 Å². The molecule has 0 aromatic heterocycles. The molecule has 0 bridgehead atoms. The van der Waals surface area contributed by atoms with E-state index in [2.05, 4.69) is 4.90 Å². The average molecular weight is 185 g/mol. The molecule has 0 radical (unpaired) electrons. The van der Waals surface area contributed by atoms with E-state index in [1.165, 1.54) is 19.3 Å². The molecule has 1 saturated carbocycles. The summed E-state index contributed by atoms with van der Waals surface area (Å²) in [6.45, 7) is 4.00. The number of carboxylic acids is 1. The highest BCUT2D eigenvalue weighted by molar-refractivity contribution is 5.68. The number of carbonyl (C=O) groups is 1. The SMILES string of the molecule is CN(C1CCC1)C(C)(C)CC(=O)O. The summed E-state index contributed by atoms with van der Waals surface area (Å²) < 4.78 is 0. The maximum atomic E-state index is 10.6. The van der Waals surface area contributed by atoms with Crippen molar-refractivity contribution in [2.24, 2.45) is 0 Å². The van der Waals surface area contributed by atoms with Crippen molar-refractivity contribution in [3.63, 3.8) is 0 Å². The Morgan fingerprint density at radius 2 is 2.08 bits per heavy atom. The molecular formula is C10H19NO2. The van der Waals surface area contributed by atoms with Crippen LogP contribution in [0, 0.1) is 0 Å². The van der Waals surface area contributed by atoms with Gasteiger partial charge in [-0.15, -0.1) is 0 Å². The molecule has 0 heterocycles. The second kappa shape index (κ2) is 3.66. The van der Waals surface area contributed by atoms with Gasteiger partial charge in [0.1, 0.15) is 0 Å². The average Bonchev–Trinajstić information content (AvgIpc) is 1.79. The molecule has 1 N–H and O–H groups in total. The molecule has 0 aromatic rings. The lowest BCUT2D eigenvalue weighted by molar-refractivity contribution is -0.140. The van der Waals surface area contributed by atoms with E-state index < -0.39 is 5.97 Å². The summed E-state index contributed by atoms with van der Waals surface area (Å²) in [6.07, 6.45) is 3.96. The minimum atomic E-state index is -0.712. The molecule has 1 fully saturated rings. The third kappa shape index (κ3) is 2.44. The molecule has 0 saturated heterocycles. The van der Waals surface area contributed by atoms with Crippen molar-refractivity contribution in [2.45, 2.75) is 51.1 Å². The predicted octanol–water partition coefficient (Wildman–Crippen LogP) is 1.72. The van der Waals surface area contributed by atoms with Gasteiger partial charge in [-0.3, -0.25) is 9.69 Å². The van der Waals surface area contributed by atoms with Gasteiger partial charge in [-0.1, -0.05) is 6.42 Å². The van der Waals surface area contributed by atoms with Crippen molar-refractivity contribution >= 4 is 5.97 Å². The normalized spacial score (nSPS) is 18.8. The largest absolute Gasteiger partial charge is 0.481 e. The van der Waals surface area contributed by atoms with E-state index in [0.29, 0.717) is 6.04 Å². The molecular weight excluding hydrogens is 166 g/mol. The van der Waals surface area contributed by atoms with E-state index in [4.69, 9.17) is 5.11 Å². The van der Waals surface area contributed by atoms with E-state index >= 15 is 0 Å². The molecule has 1 aliphatic carbocycles. The lowest BCUT2D eigenvalue weighted by Gasteiger charge is -2.44. The number of hydrogen-bond acceptors (Lipinski definition) is 2. The van der Waals surface area contributed by atoms with E-state index in [1.807, 2.05) is 20.9 Å². The molecule has 0 amide bonds. The Kier molecular flexibility index (Phi) is 2.96. The van der Waals surface area contributed by atoms with Gasteiger partial charge in [0.2, 0.25) is 0 Å². The van der Waals surface area contributed by atoms with Crippen molar-refractivity contribution in [1.82, 2.24) is 4.90 Å². The van der Waals surface area contributed by atoms with Gasteiger partial charge in [0.05, 0.1) is 6.42 Å². The minimum absolute atomic E-state index is 0.211. The topological polar surface area (TPSA) is 40.5 Å². The zero-order chi connectivity index (χ0) is 10.1. The lowest BCUT2D eigenvalue weighted by Crippen LogP contribution is -2.51. The third-order valence-corrected chi connectivity index (χ3v) is 3.16. The van der Waals surface area contributed by atoms with Crippen LogP contribution in [0.15, 0.2) is 0 Å². The summed E-state index contributed by atoms with van der Waals surface area (Å²) in [6, 6.07) is 0.606. The molecule has 0 aromatic carbocycles. The maximum absolute atomic E-state index is 10.6. The van der Waals surface area contributed by atoms with Gasteiger partial charge in [-0.2, -0.15) is 0 Å². The molecule has 0 aliphatic heterocycles. The van der Waals surface area contributed by atoms with E-state index in [9.17, 15) is 4.79 Å². The Morgan fingerprint density at radius 1 is 1.54 bits per heavy atom. The quantitative estimate of drug-likeness (QED) is 0.725. The van der Waals surface area contributed by atoms with Gasteiger partial charge in [0.15, 0.2) is 0 Å². The fourth-order valence-corrected chi connectivity index (χ4v) is 1.76. The van der Waals surface area contributed by atoms with Crippen molar-refractivity contribution in [1.29, 1.82) is 0 Å². The van der Waals surface area contributed by atoms with Crippen LogP contribution in [-0.2, 0) is 4.79 Å². The van der Waals surface area contributed by atoms with Crippen LogP contribution in [-0.4, -0.2) is 34.6 Å². The van der Waals surface area contributed by atoms with Crippen LogP contribution in [0.2, 0.25) is 0 Å². The summed E-state index contributed by atoms with van der Waals surface area (Å²) in [5.41, 5.74) is -0.211. The van der Waals surface area contributed by atoms with Crippen molar-refractivity contribution < 1.29 is 9.90 Å². The van der Waals surface area contributed by atoms with E-state index in [-0.39, 0.29) is 12.0 Å². The minimum Gasteiger partial charge on any atom is -0.481 e. The molecule has 76 valence electrons. The number of rotatable bonds is 4. The second-order valence-corrected chi connectivity index (χ2v) is 4.58. The Balaban J connectivity index is 2.50. The lowest BCUT2D eigenvalue weighted by atomic mass is 9.87. The molecule has 1 rings (SSSR count). The molecule has 13 heavy (non-hydrogen) atoms. The van der Waals surface area contributed by atoms with Crippen LogP contribution in [0.25, 0.3) is 0 Å². The highest BCUT2D eigenvalue weighted by Gasteiger charge is 2.34. The predicted molar refractivity (Wildman–Crippen MR) is 51.7 cm³/mol. The molecule has 0 atom stereocenters. The first-order valence-corrected chi connectivity index (χ1v) is 4.88. The van der Waals surface area contributed by atoms with Gasteiger partial charge in [-0.05, 0) is 33.7 Å². The fraction of sp³-hybridized carbons (Fsp3) is 0.900. The molecule has 1 aliphatic rings. The van der Waals surface area contributed by atoms with E-state index in [0.717, 1.165) is 0 Å². The van der Waals surface area contributed by atoms with Crippen LogP contribution in [0.5, 0.6) is 0 Å². The summed E-state index contributed by atoms with van der Waals surface area (Å²) in [7, 11) is 2.03. The highest BCUT2D eigenvalue weighted by Crippen LogP contribution is 2.30. The van der Waals surface area contributed by atoms with Gasteiger partial charge in [0.25, 0.3) is 0 Å². The number of aliphatic carboxylic acids is 1. The standard InChI is InChI=1S/C10H19NO2/c1-10(2,7-9(12)13)11(3)8-5-4-6-8/h8H,4-7H2,1-3H3,(H,12,13). The number of nitrogens with zero attached hydrogens (tertiary/aromatic N) is 1. The third-order valence-electron chi connectivity index (χ3n) is 3.16. The Bertz CT molecular complexity index is 197. The highest BCUT2D eigenvalue weighted by atomic mass is 16.4. The first-order valence-electron chi connectivity index (χ1n) is 4.88. The number of hydrogen-bond donors (Lipinski definition) is 1. The monoisotopic (exact) mass is 185 g/mol. The van der Waals surface area contributed by atoms with Gasteiger partial charge >= 0.3 is 5.97 Å². The second-order valence-electron chi connectivity index (χ2n) is 4.58. The maximum Gasteiger partial charge on any atom is 0.305 e. The van der Waals surface area contributed by atoms with Crippen LogP contribution < -0.4 is 0 Å². The zero-order valence-electron chi connectivity index (χ0n) is 8.71. The Morgan fingerprint density at radius 3 is 2.38 bits per heavy atom. The van der Waals surface area contributed by atoms with Crippen LogP contribution >= 0.6 is 0 Å². The van der Waals surface area contributed by atoms with Crippen molar-refractivity contribution in [2.75, 3.05) is 7.05 Å². The van der Waals surface area contributed by atoms with Crippen LogP contribution in [0.1, 0.15) is 39.5 Å². The summed E-state index contributed by atoms with van der Waals surface area (Å²) in [5.74, 6) is -0.712. The first kappa shape index (κ1) is 10.5. The molecule has 3 heteroatoms. The molecule has 0 unspecified atom stereocenters. The van der Waals surface area contributed by atoms with Crippen LogP contribution in [0.4, 0.5) is 0 Å². The van der Waals surface area contributed by atoms with Gasteiger partial charge < -0.3 is 5.11 Å². The Hall–Kier alpha value is -0.570. The fourth-order valence-electron chi connectivity index (χ4n) is 1.76. The van der Waals surface area contributed by atoms with Crippen molar-refractivity contribution in [3.05, 3.63) is 0 Å². The van der Waals surface area contributed by atoms with Gasteiger partial charge in [0, 0.05) is 11.6 Å². The molecule has 0 spiro atoms. The summed E-state index contributed by atoms with van der Waals surface area (Å²) >= 11 is 0. The molecule has 3 nitrogen and oxygen atoms in total. The summed E-state index contributed by atoms with van der Waals surface area (Å²) in [4.78, 5) is 12.8. The number of carboxylic acid groups (broad SMARTS) is 1.